The molecule has 5 aromatic rings. The monoisotopic (exact) mass is 396 g/mol. The molecule has 4 nitrogen and oxygen atoms in total. The van der Waals surface area contributed by atoms with Crippen LogP contribution in [0.3, 0.4) is 0 Å². The number of nitrogens with zero attached hydrogens (tertiary/aromatic N) is 2. The fourth-order valence-corrected chi connectivity index (χ4v) is 3.76. The fourth-order valence-electron chi connectivity index (χ4n) is 3.76. The van der Waals surface area contributed by atoms with Gasteiger partial charge in [-0.1, -0.05) is 36.4 Å². The molecule has 0 saturated carbocycles. The molecule has 5 rings (SSSR count). The summed E-state index contributed by atoms with van der Waals surface area (Å²) in [7, 11) is 0. The molecule has 30 heavy (non-hydrogen) atoms. The Morgan fingerprint density at radius 3 is 1.43 bits per heavy atom. The minimum absolute atomic E-state index is 0.797. The summed E-state index contributed by atoms with van der Waals surface area (Å²) in [5.74, 6) is 1.59. The number of hydrogen-bond acceptors (Lipinski definition) is 4. The van der Waals surface area contributed by atoms with E-state index in [0.717, 1.165) is 59.7 Å². The van der Waals surface area contributed by atoms with Gasteiger partial charge >= 0.3 is 0 Å². The Morgan fingerprint density at radius 2 is 1.00 bits per heavy atom. The molecular weight excluding hydrogens is 372 g/mol. The van der Waals surface area contributed by atoms with Gasteiger partial charge < -0.3 is 8.83 Å². The van der Waals surface area contributed by atoms with Gasteiger partial charge in [-0.05, 0) is 73.2 Å². The average Bonchev–Trinajstić information content (AvgIpc) is 3.34. The molecule has 0 bridgehead atoms. The molecule has 0 saturated heterocycles. The zero-order valence-corrected chi connectivity index (χ0v) is 17.3. The topological polar surface area (TPSA) is 52.1 Å². The standard InChI is InChI=1S/C26H24N2O2/c1-17-3-11-23-21(15-17)27-25(29-23)13-9-19-5-7-20(8-6-19)10-14-26-28-22-16-18(2)4-12-24(22)30-26/h3-8,11-12,15-16H,9-10,13-14H2,1-2H3. The largest absolute Gasteiger partial charge is 0.441 e. The average molecular weight is 396 g/mol. The summed E-state index contributed by atoms with van der Waals surface area (Å²) in [4.78, 5) is 9.22. The Balaban J connectivity index is 1.19. The van der Waals surface area contributed by atoms with Crippen LogP contribution in [0.4, 0.5) is 0 Å². The van der Waals surface area contributed by atoms with E-state index in [1.807, 2.05) is 12.1 Å². The number of aromatic nitrogens is 2. The van der Waals surface area contributed by atoms with Crippen molar-refractivity contribution in [1.29, 1.82) is 0 Å². The Kier molecular flexibility index (Phi) is 4.83. The van der Waals surface area contributed by atoms with Gasteiger partial charge in [-0.25, -0.2) is 9.97 Å². The van der Waals surface area contributed by atoms with Gasteiger partial charge in [0.2, 0.25) is 0 Å². The molecule has 0 unspecified atom stereocenters. The second-order valence-electron chi connectivity index (χ2n) is 7.97. The first kappa shape index (κ1) is 18.6. The van der Waals surface area contributed by atoms with Gasteiger partial charge in [0, 0.05) is 12.8 Å². The van der Waals surface area contributed by atoms with E-state index in [1.165, 1.54) is 22.3 Å². The minimum Gasteiger partial charge on any atom is -0.441 e. The van der Waals surface area contributed by atoms with Gasteiger partial charge in [-0.15, -0.1) is 0 Å². The van der Waals surface area contributed by atoms with Gasteiger partial charge in [0.05, 0.1) is 0 Å². The Labute approximate surface area is 175 Å². The molecule has 0 spiro atoms. The predicted molar refractivity (Wildman–Crippen MR) is 119 cm³/mol. The van der Waals surface area contributed by atoms with E-state index in [2.05, 4.69) is 72.3 Å². The first-order valence-electron chi connectivity index (χ1n) is 10.4. The zero-order chi connectivity index (χ0) is 20.5. The quantitative estimate of drug-likeness (QED) is 0.345. The molecule has 2 aromatic heterocycles. The summed E-state index contributed by atoms with van der Waals surface area (Å²) in [6.45, 7) is 4.14. The lowest BCUT2D eigenvalue weighted by atomic mass is 10.0. The van der Waals surface area contributed by atoms with E-state index in [4.69, 9.17) is 8.83 Å². The molecule has 0 aliphatic carbocycles. The van der Waals surface area contributed by atoms with Crippen LogP contribution < -0.4 is 0 Å². The number of hydrogen-bond donors (Lipinski definition) is 0. The second kappa shape index (κ2) is 7.79. The summed E-state index contributed by atoms with van der Waals surface area (Å²) in [6, 6.07) is 21.0. The maximum atomic E-state index is 5.86. The fraction of sp³-hybridized carbons (Fsp3) is 0.231. The smallest absolute Gasteiger partial charge is 0.195 e. The summed E-state index contributed by atoms with van der Waals surface area (Å²) in [5.41, 5.74) is 8.57. The number of benzene rings is 3. The van der Waals surface area contributed by atoms with Crippen LogP contribution in [0.1, 0.15) is 34.0 Å². The summed E-state index contributed by atoms with van der Waals surface area (Å²) in [5, 5.41) is 0. The molecule has 4 heteroatoms. The van der Waals surface area contributed by atoms with Gasteiger partial charge in [-0.2, -0.15) is 0 Å². The zero-order valence-electron chi connectivity index (χ0n) is 17.3. The van der Waals surface area contributed by atoms with Gasteiger partial charge in [0.25, 0.3) is 0 Å². The summed E-state index contributed by atoms with van der Waals surface area (Å²) in [6.07, 6.45) is 3.43. The lowest BCUT2D eigenvalue weighted by Crippen LogP contribution is -1.94. The normalized spacial score (nSPS) is 11.5. The maximum absolute atomic E-state index is 5.86. The number of oxazole rings is 2. The lowest BCUT2D eigenvalue weighted by Gasteiger charge is -2.02. The van der Waals surface area contributed by atoms with Gasteiger partial charge in [0.15, 0.2) is 22.9 Å². The van der Waals surface area contributed by atoms with Crippen LogP contribution in [0.15, 0.2) is 69.5 Å². The molecular formula is C26H24N2O2. The van der Waals surface area contributed by atoms with Gasteiger partial charge in [-0.3, -0.25) is 0 Å². The van der Waals surface area contributed by atoms with E-state index in [1.54, 1.807) is 0 Å². The highest BCUT2D eigenvalue weighted by atomic mass is 16.4. The first-order chi connectivity index (χ1) is 14.6. The third-order valence-corrected chi connectivity index (χ3v) is 5.45. The molecule has 0 fully saturated rings. The van der Waals surface area contributed by atoms with Crippen LogP contribution in [-0.4, -0.2) is 9.97 Å². The van der Waals surface area contributed by atoms with E-state index in [-0.39, 0.29) is 0 Å². The second-order valence-corrected chi connectivity index (χ2v) is 7.97. The van der Waals surface area contributed by atoms with Crippen LogP contribution in [-0.2, 0) is 25.7 Å². The molecule has 0 radical (unpaired) electrons. The van der Waals surface area contributed by atoms with Crippen molar-refractivity contribution >= 4 is 22.2 Å². The van der Waals surface area contributed by atoms with Crippen molar-refractivity contribution in [3.8, 4) is 0 Å². The number of fused-ring (bicyclic) bond motifs is 2. The van der Waals surface area contributed by atoms with Crippen molar-refractivity contribution in [3.63, 3.8) is 0 Å². The molecule has 0 aliphatic rings. The molecule has 0 amide bonds. The highest BCUT2D eigenvalue weighted by molar-refractivity contribution is 5.74. The Hall–Kier alpha value is -3.40. The first-order valence-corrected chi connectivity index (χ1v) is 10.4. The maximum Gasteiger partial charge on any atom is 0.195 e. The summed E-state index contributed by atoms with van der Waals surface area (Å²) >= 11 is 0. The Morgan fingerprint density at radius 1 is 0.567 bits per heavy atom. The molecule has 3 aromatic carbocycles. The van der Waals surface area contributed by atoms with Crippen molar-refractivity contribution in [2.45, 2.75) is 39.5 Å². The minimum atomic E-state index is 0.797. The van der Waals surface area contributed by atoms with Crippen LogP contribution in [0.2, 0.25) is 0 Å². The molecule has 0 aliphatic heterocycles. The molecule has 0 N–H and O–H groups in total. The van der Waals surface area contributed by atoms with Crippen molar-refractivity contribution < 1.29 is 8.83 Å². The summed E-state index contributed by atoms with van der Waals surface area (Å²) < 4.78 is 11.7. The number of aryl methyl sites for hydroxylation is 6. The molecule has 0 atom stereocenters. The van der Waals surface area contributed by atoms with Crippen LogP contribution in [0, 0.1) is 13.8 Å². The van der Waals surface area contributed by atoms with Crippen molar-refractivity contribution in [2.24, 2.45) is 0 Å². The van der Waals surface area contributed by atoms with Crippen LogP contribution in [0.25, 0.3) is 22.2 Å². The van der Waals surface area contributed by atoms with E-state index >= 15 is 0 Å². The van der Waals surface area contributed by atoms with Crippen molar-refractivity contribution in [3.05, 3.63) is 94.7 Å². The van der Waals surface area contributed by atoms with E-state index in [9.17, 15) is 0 Å². The van der Waals surface area contributed by atoms with Gasteiger partial charge in [0.1, 0.15) is 11.0 Å². The van der Waals surface area contributed by atoms with Crippen LogP contribution >= 0.6 is 0 Å². The van der Waals surface area contributed by atoms with Crippen molar-refractivity contribution in [1.82, 2.24) is 9.97 Å². The SMILES string of the molecule is Cc1ccc2oc(CCc3ccc(CCc4nc5cc(C)ccc5o4)cc3)nc2c1. The number of rotatable bonds is 6. The van der Waals surface area contributed by atoms with E-state index < -0.39 is 0 Å². The third-order valence-electron chi connectivity index (χ3n) is 5.45. The third kappa shape index (κ3) is 3.99. The highest BCUT2D eigenvalue weighted by Crippen LogP contribution is 2.20. The lowest BCUT2D eigenvalue weighted by molar-refractivity contribution is 0.527. The van der Waals surface area contributed by atoms with Crippen LogP contribution in [0.5, 0.6) is 0 Å². The van der Waals surface area contributed by atoms with Crippen molar-refractivity contribution in [2.75, 3.05) is 0 Å². The highest BCUT2D eigenvalue weighted by Gasteiger charge is 2.08. The Bertz CT molecular complexity index is 1210. The predicted octanol–water partition coefficient (Wildman–Crippen LogP) is 6.16. The van der Waals surface area contributed by atoms with E-state index in [0.29, 0.717) is 0 Å². The molecule has 150 valence electrons. The molecule has 2 heterocycles.